The molecule has 9 nitrogen and oxygen atoms in total. The van der Waals surface area contributed by atoms with Crippen LogP contribution >= 0.6 is 0 Å². The van der Waals surface area contributed by atoms with Crippen LogP contribution in [0.15, 0.2) is 40.8 Å². The maximum atomic E-state index is 12.9. The molecule has 0 saturated carbocycles. The summed E-state index contributed by atoms with van der Waals surface area (Å²) >= 11 is 0. The number of amides is 1. The highest BCUT2D eigenvalue weighted by atomic mass is 32.2. The van der Waals surface area contributed by atoms with Crippen LogP contribution in [0.4, 0.5) is 5.69 Å². The lowest BCUT2D eigenvalue weighted by molar-refractivity contribution is -0.139. The molecule has 3 unspecified atom stereocenters. The van der Waals surface area contributed by atoms with Gasteiger partial charge in [-0.25, -0.2) is 8.42 Å². The van der Waals surface area contributed by atoms with E-state index in [4.69, 9.17) is 5.11 Å². The lowest BCUT2D eigenvalue weighted by Crippen LogP contribution is -2.32. The average Bonchev–Trinajstić information content (AvgIpc) is 2.81. The van der Waals surface area contributed by atoms with Crippen LogP contribution < -0.4 is 5.32 Å². The van der Waals surface area contributed by atoms with Crippen molar-refractivity contribution in [2.75, 3.05) is 11.1 Å². The van der Waals surface area contributed by atoms with E-state index in [9.17, 15) is 33.3 Å². The molecule has 0 radical (unpaired) electrons. The van der Waals surface area contributed by atoms with Gasteiger partial charge in [0.1, 0.15) is 0 Å². The van der Waals surface area contributed by atoms with Crippen molar-refractivity contribution < 1.29 is 38.4 Å². The van der Waals surface area contributed by atoms with Crippen LogP contribution in [0.3, 0.4) is 0 Å². The number of carbonyl (C=O) groups excluding carboxylic acids is 1. The van der Waals surface area contributed by atoms with Crippen LogP contribution in [0.1, 0.15) is 71.8 Å². The molecule has 0 heterocycles. The standard InChI is InChI=1S/C27H39NO8S/c1-5-27(6-2)16-21(32)14-22(23(27)10-9-19(30)13-20(31)15-26(33)34)18-8-11-24(28-17(4)29)25(12-18)37(35,36)7-3/h8-12,19-21,30-32H,5-7,13-16H2,1-4H3,(H,28,29)(H,33,34). The molecule has 37 heavy (non-hydrogen) atoms. The molecule has 0 saturated heterocycles. The van der Waals surface area contributed by atoms with Gasteiger partial charge in [0.05, 0.1) is 41.1 Å². The Balaban J connectivity index is 2.68. The quantitative estimate of drug-likeness (QED) is 0.271. The number of carboxylic acids is 1. The summed E-state index contributed by atoms with van der Waals surface area (Å²) in [6, 6.07) is 4.78. The first kappa shape index (κ1) is 30.7. The Kier molecular flexibility index (Phi) is 10.6. The van der Waals surface area contributed by atoms with Crippen LogP contribution in [-0.2, 0) is 19.4 Å². The third kappa shape index (κ3) is 7.73. The molecule has 206 valence electrons. The van der Waals surface area contributed by atoms with E-state index in [0.29, 0.717) is 24.8 Å². The summed E-state index contributed by atoms with van der Waals surface area (Å²) < 4.78 is 25.8. The molecule has 1 aliphatic carbocycles. The Morgan fingerprint density at radius 2 is 1.84 bits per heavy atom. The predicted octanol–water partition coefficient (Wildman–Crippen LogP) is 3.30. The summed E-state index contributed by atoms with van der Waals surface area (Å²) in [6.45, 7) is 6.84. The van der Waals surface area contributed by atoms with Crippen LogP contribution in [-0.4, -0.2) is 64.8 Å². The van der Waals surface area contributed by atoms with Gasteiger partial charge in [-0.05, 0) is 59.9 Å². The van der Waals surface area contributed by atoms with Gasteiger partial charge in [0, 0.05) is 13.3 Å². The summed E-state index contributed by atoms with van der Waals surface area (Å²) in [6.07, 6.45) is 1.80. The molecule has 3 atom stereocenters. The van der Waals surface area contributed by atoms with E-state index in [0.717, 1.165) is 11.1 Å². The van der Waals surface area contributed by atoms with Crippen molar-refractivity contribution in [2.45, 2.75) is 89.4 Å². The van der Waals surface area contributed by atoms with Crippen molar-refractivity contribution in [2.24, 2.45) is 5.41 Å². The molecule has 0 aliphatic heterocycles. The fourth-order valence-electron chi connectivity index (χ4n) is 5.03. The second-order valence-corrected chi connectivity index (χ2v) is 11.9. The first-order valence-electron chi connectivity index (χ1n) is 12.6. The Labute approximate surface area is 218 Å². The molecule has 0 aromatic heterocycles. The molecular formula is C27H39NO8S. The SMILES string of the molecule is CCC1(CC)CC(O)CC(c2ccc(NC(C)=O)c(S(=O)(=O)CC)c2)=C1C=CC(O)CC(O)CC(=O)O. The van der Waals surface area contributed by atoms with E-state index >= 15 is 0 Å². The number of hydrogen-bond acceptors (Lipinski definition) is 7. The van der Waals surface area contributed by atoms with E-state index in [1.165, 1.54) is 26.0 Å². The molecule has 5 N–H and O–H groups in total. The number of nitrogens with one attached hydrogen (secondary N) is 1. The smallest absolute Gasteiger partial charge is 0.305 e. The first-order valence-corrected chi connectivity index (χ1v) is 14.3. The molecule has 10 heteroatoms. The van der Waals surface area contributed by atoms with Crippen LogP contribution in [0, 0.1) is 5.41 Å². The molecule has 0 fully saturated rings. The van der Waals surface area contributed by atoms with Crippen LogP contribution in [0.25, 0.3) is 5.57 Å². The van der Waals surface area contributed by atoms with Gasteiger partial charge >= 0.3 is 5.97 Å². The number of carbonyl (C=O) groups is 2. The van der Waals surface area contributed by atoms with Crippen molar-refractivity contribution in [3.8, 4) is 0 Å². The van der Waals surface area contributed by atoms with Crippen LogP contribution in [0.5, 0.6) is 0 Å². The Bertz CT molecular complexity index is 1150. The maximum absolute atomic E-state index is 12.9. The fourth-order valence-corrected chi connectivity index (χ4v) is 6.11. The van der Waals surface area contributed by atoms with E-state index in [-0.39, 0.29) is 29.2 Å². The van der Waals surface area contributed by atoms with Gasteiger partial charge in [0.25, 0.3) is 0 Å². The molecule has 0 bridgehead atoms. The van der Waals surface area contributed by atoms with Gasteiger partial charge in [-0.1, -0.05) is 39.0 Å². The van der Waals surface area contributed by atoms with Crippen LogP contribution in [0.2, 0.25) is 0 Å². The highest BCUT2D eigenvalue weighted by Crippen LogP contribution is 2.50. The molecule has 1 aliphatic rings. The van der Waals surface area contributed by atoms with Crippen molar-refractivity contribution >= 4 is 33.0 Å². The van der Waals surface area contributed by atoms with Crippen molar-refractivity contribution in [3.05, 3.63) is 41.5 Å². The van der Waals surface area contributed by atoms with Gasteiger partial charge in [-0.3, -0.25) is 9.59 Å². The number of aliphatic carboxylic acids is 1. The van der Waals surface area contributed by atoms with Gasteiger partial charge in [-0.15, -0.1) is 0 Å². The molecule has 1 amide bonds. The molecular weight excluding hydrogens is 498 g/mol. The predicted molar refractivity (Wildman–Crippen MR) is 142 cm³/mol. The number of allylic oxidation sites excluding steroid dienone is 2. The largest absolute Gasteiger partial charge is 0.481 e. The normalized spacial score (nSPS) is 19.6. The Hall–Kier alpha value is -2.53. The molecule has 1 aromatic rings. The monoisotopic (exact) mass is 537 g/mol. The highest BCUT2D eigenvalue weighted by molar-refractivity contribution is 7.91. The minimum Gasteiger partial charge on any atom is -0.481 e. The number of hydrogen-bond donors (Lipinski definition) is 5. The van der Waals surface area contributed by atoms with E-state index in [1.807, 2.05) is 13.8 Å². The number of aliphatic hydroxyl groups is 3. The minimum absolute atomic E-state index is 0.00554. The maximum Gasteiger partial charge on any atom is 0.305 e. The minimum atomic E-state index is -3.69. The fraction of sp³-hybridized carbons (Fsp3) is 0.556. The van der Waals surface area contributed by atoms with Crippen molar-refractivity contribution in [1.29, 1.82) is 0 Å². The first-order chi connectivity index (χ1) is 17.3. The second-order valence-electron chi connectivity index (χ2n) is 9.65. The average molecular weight is 538 g/mol. The van der Waals surface area contributed by atoms with Gasteiger partial charge in [0.15, 0.2) is 9.84 Å². The third-order valence-electron chi connectivity index (χ3n) is 7.08. The lowest BCUT2D eigenvalue weighted by atomic mass is 9.64. The second kappa shape index (κ2) is 12.8. The highest BCUT2D eigenvalue weighted by Gasteiger charge is 2.38. The number of anilines is 1. The zero-order chi connectivity index (χ0) is 28.0. The zero-order valence-electron chi connectivity index (χ0n) is 21.9. The van der Waals surface area contributed by atoms with E-state index in [1.54, 1.807) is 18.2 Å². The zero-order valence-corrected chi connectivity index (χ0v) is 22.7. The number of carboxylic acid groups (broad SMARTS) is 1. The summed E-state index contributed by atoms with van der Waals surface area (Å²) in [5, 5.41) is 42.6. The number of benzene rings is 1. The summed E-state index contributed by atoms with van der Waals surface area (Å²) in [7, 11) is -3.69. The Morgan fingerprint density at radius 3 is 2.38 bits per heavy atom. The Morgan fingerprint density at radius 1 is 1.19 bits per heavy atom. The number of rotatable bonds is 12. The summed E-state index contributed by atoms with van der Waals surface area (Å²) in [4.78, 5) is 22.5. The third-order valence-corrected chi connectivity index (χ3v) is 8.85. The summed E-state index contributed by atoms with van der Waals surface area (Å²) in [5.74, 6) is -1.71. The molecule has 0 spiro atoms. The van der Waals surface area contributed by atoms with Gasteiger partial charge < -0.3 is 25.7 Å². The molecule has 1 aromatic carbocycles. The molecule has 2 rings (SSSR count). The number of sulfone groups is 1. The van der Waals surface area contributed by atoms with E-state index in [2.05, 4.69) is 5.32 Å². The number of aliphatic hydroxyl groups excluding tert-OH is 3. The van der Waals surface area contributed by atoms with Crippen molar-refractivity contribution in [1.82, 2.24) is 0 Å². The summed E-state index contributed by atoms with van der Waals surface area (Å²) in [5.41, 5.74) is 1.92. The lowest BCUT2D eigenvalue weighted by Gasteiger charge is -2.41. The van der Waals surface area contributed by atoms with Crippen molar-refractivity contribution in [3.63, 3.8) is 0 Å². The van der Waals surface area contributed by atoms with Gasteiger partial charge in [-0.2, -0.15) is 0 Å². The van der Waals surface area contributed by atoms with Gasteiger partial charge in [0.2, 0.25) is 5.91 Å². The van der Waals surface area contributed by atoms with E-state index < -0.39 is 51.9 Å². The topological polar surface area (TPSA) is 161 Å².